The highest BCUT2D eigenvalue weighted by molar-refractivity contribution is 5.31. The fourth-order valence-corrected chi connectivity index (χ4v) is 1.16. The first-order valence-electron chi connectivity index (χ1n) is 4.85. The van der Waals surface area contributed by atoms with Crippen molar-refractivity contribution in [3.63, 3.8) is 0 Å². The maximum atomic E-state index is 9.40. The van der Waals surface area contributed by atoms with Gasteiger partial charge in [-0.05, 0) is 31.3 Å². The Labute approximate surface area is 89.8 Å². The molecule has 0 saturated carbocycles. The van der Waals surface area contributed by atoms with Crippen molar-refractivity contribution < 1.29 is 14.6 Å². The lowest BCUT2D eigenvalue weighted by Crippen LogP contribution is -2.29. The summed E-state index contributed by atoms with van der Waals surface area (Å²) >= 11 is 0. The van der Waals surface area contributed by atoms with Crippen LogP contribution in [-0.4, -0.2) is 38.5 Å². The predicted octanol–water partition coefficient (Wildman–Crippen LogP) is 0.654. The van der Waals surface area contributed by atoms with Crippen molar-refractivity contribution in [2.24, 2.45) is 0 Å². The maximum Gasteiger partial charge on any atom is 0.119 e. The van der Waals surface area contributed by atoms with E-state index in [0.29, 0.717) is 6.54 Å². The van der Waals surface area contributed by atoms with E-state index in [4.69, 9.17) is 9.47 Å². The molecule has 84 valence electrons. The SMILES string of the molecule is CNCC(O)COc1ccc(OC)cc1. The summed E-state index contributed by atoms with van der Waals surface area (Å²) in [6.45, 7) is 0.809. The van der Waals surface area contributed by atoms with Crippen LogP contribution in [0.2, 0.25) is 0 Å². The van der Waals surface area contributed by atoms with E-state index >= 15 is 0 Å². The van der Waals surface area contributed by atoms with Crippen LogP contribution < -0.4 is 14.8 Å². The number of aliphatic hydroxyl groups excluding tert-OH is 1. The predicted molar refractivity (Wildman–Crippen MR) is 58.4 cm³/mol. The smallest absolute Gasteiger partial charge is 0.119 e. The van der Waals surface area contributed by atoms with Gasteiger partial charge in [-0.1, -0.05) is 0 Å². The third kappa shape index (κ3) is 4.18. The molecular weight excluding hydrogens is 194 g/mol. The first-order chi connectivity index (χ1) is 7.26. The Kier molecular flexibility index (Phi) is 4.93. The molecule has 0 aliphatic rings. The van der Waals surface area contributed by atoms with Gasteiger partial charge in [0, 0.05) is 6.54 Å². The maximum absolute atomic E-state index is 9.40. The lowest BCUT2D eigenvalue weighted by atomic mass is 10.3. The highest BCUT2D eigenvalue weighted by Crippen LogP contribution is 2.16. The minimum absolute atomic E-state index is 0.285. The zero-order valence-corrected chi connectivity index (χ0v) is 9.06. The first-order valence-corrected chi connectivity index (χ1v) is 4.85. The molecule has 1 unspecified atom stereocenters. The number of likely N-dealkylation sites (N-methyl/N-ethyl adjacent to an activating group) is 1. The van der Waals surface area contributed by atoms with Crippen LogP contribution in [0.5, 0.6) is 11.5 Å². The van der Waals surface area contributed by atoms with Crippen molar-refractivity contribution in [2.75, 3.05) is 27.3 Å². The lowest BCUT2D eigenvalue weighted by Gasteiger charge is -2.11. The van der Waals surface area contributed by atoms with Gasteiger partial charge < -0.3 is 19.9 Å². The number of ether oxygens (including phenoxy) is 2. The quantitative estimate of drug-likeness (QED) is 0.725. The van der Waals surface area contributed by atoms with Crippen LogP contribution in [-0.2, 0) is 0 Å². The summed E-state index contributed by atoms with van der Waals surface area (Å²) in [6.07, 6.45) is -0.489. The minimum atomic E-state index is -0.489. The van der Waals surface area contributed by atoms with Crippen molar-refractivity contribution in [1.29, 1.82) is 0 Å². The van der Waals surface area contributed by atoms with Crippen LogP contribution in [0.15, 0.2) is 24.3 Å². The Morgan fingerprint density at radius 1 is 1.27 bits per heavy atom. The normalized spacial score (nSPS) is 12.2. The topological polar surface area (TPSA) is 50.7 Å². The van der Waals surface area contributed by atoms with E-state index in [2.05, 4.69) is 5.32 Å². The van der Waals surface area contributed by atoms with Crippen LogP contribution >= 0.6 is 0 Å². The molecule has 1 atom stereocenters. The minimum Gasteiger partial charge on any atom is -0.497 e. The Bertz CT molecular complexity index is 274. The molecule has 0 heterocycles. The van der Waals surface area contributed by atoms with E-state index in [0.717, 1.165) is 11.5 Å². The second-order valence-electron chi connectivity index (χ2n) is 3.20. The standard InChI is InChI=1S/C11H17NO3/c1-12-7-9(13)8-15-11-5-3-10(14-2)4-6-11/h3-6,9,12-13H,7-8H2,1-2H3. The Balaban J connectivity index is 2.37. The average Bonchev–Trinajstić information content (AvgIpc) is 2.27. The highest BCUT2D eigenvalue weighted by Gasteiger charge is 2.03. The lowest BCUT2D eigenvalue weighted by molar-refractivity contribution is 0.108. The molecule has 0 aromatic heterocycles. The number of rotatable bonds is 6. The molecular formula is C11H17NO3. The number of benzene rings is 1. The van der Waals surface area contributed by atoms with E-state index in [9.17, 15) is 5.11 Å². The van der Waals surface area contributed by atoms with Gasteiger partial charge >= 0.3 is 0 Å². The van der Waals surface area contributed by atoms with Gasteiger partial charge in [0.25, 0.3) is 0 Å². The van der Waals surface area contributed by atoms with Crippen LogP contribution in [0.3, 0.4) is 0 Å². The van der Waals surface area contributed by atoms with E-state index in [1.165, 1.54) is 0 Å². The summed E-state index contributed by atoms with van der Waals surface area (Å²) in [5, 5.41) is 12.3. The zero-order valence-electron chi connectivity index (χ0n) is 9.06. The molecule has 15 heavy (non-hydrogen) atoms. The van der Waals surface area contributed by atoms with Crippen LogP contribution in [0.1, 0.15) is 0 Å². The molecule has 0 radical (unpaired) electrons. The van der Waals surface area contributed by atoms with Crippen LogP contribution in [0, 0.1) is 0 Å². The van der Waals surface area contributed by atoms with Crippen molar-refractivity contribution in [1.82, 2.24) is 5.32 Å². The van der Waals surface area contributed by atoms with Gasteiger partial charge in [0.15, 0.2) is 0 Å². The highest BCUT2D eigenvalue weighted by atomic mass is 16.5. The Morgan fingerprint density at radius 3 is 2.40 bits per heavy atom. The molecule has 0 bridgehead atoms. The van der Waals surface area contributed by atoms with E-state index < -0.39 is 6.10 Å². The Hall–Kier alpha value is -1.26. The summed E-state index contributed by atoms with van der Waals surface area (Å²) in [6, 6.07) is 7.26. The summed E-state index contributed by atoms with van der Waals surface area (Å²) in [7, 11) is 3.41. The molecule has 0 aliphatic heterocycles. The summed E-state index contributed by atoms with van der Waals surface area (Å²) in [4.78, 5) is 0. The van der Waals surface area contributed by atoms with Crippen LogP contribution in [0.25, 0.3) is 0 Å². The molecule has 1 aromatic rings. The zero-order chi connectivity index (χ0) is 11.1. The van der Waals surface area contributed by atoms with Gasteiger partial charge in [-0.15, -0.1) is 0 Å². The fraction of sp³-hybridized carbons (Fsp3) is 0.455. The largest absolute Gasteiger partial charge is 0.497 e. The van der Waals surface area contributed by atoms with Crippen molar-refractivity contribution in [2.45, 2.75) is 6.10 Å². The molecule has 4 heteroatoms. The molecule has 1 rings (SSSR count). The molecule has 0 fully saturated rings. The third-order valence-corrected chi connectivity index (χ3v) is 1.94. The van der Waals surface area contributed by atoms with E-state index in [1.54, 1.807) is 14.2 Å². The number of methoxy groups -OCH3 is 1. The van der Waals surface area contributed by atoms with Crippen molar-refractivity contribution >= 4 is 0 Å². The second kappa shape index (κ2) is 6.27. The van der Waals surface area contributed by atoms with E-state index in [1.807, 2.05) is 24.3 Å². The number of aliphatic hydroxyl groups is 1. The monoisotopic (exact) mass is 211 g/mol. The van der Waals surface area contributed by atoms with Gasteiger partial charge in [0.1, 0.15) is 24.2 Å². The van der Waals surface area contributed by atoms with Gasteiger partial charge in [-0.3, -0.25) is 0 Å². The molecule has 0 aliphatic carbocycles. The number of nitrogens with one attached hydrogen (secondary N) is 1. The second-order valence-corrected chi connectivity index (χ2v) is 3.20. The van der Waals surface area contributed by atoms with Gasteiger partial charge in [0.05, 0.1) is 7.11 Å². The van der Waals surface area contributed by atoms with Crippen molar-refractivity contribution in [3.05, 3.63) is 24.3 Å². The molecule has 0 saturated heterocycles. The summed E-state index contributed by atoms with van der Waals surface area (Å²) in [5.41, 5.74) is 0. The molecule has 0 spiro atoms. The molecule has 1 aromatic carbocycles. The molecule has 0 amide bonds. The first kappa shape index (κ1) is 11.8. The fourth-order valence-electron chi connectivity index (χ4n) is 1.16. The molecule has 2 N–H and O–H groups in total. The number of hydrogen-bond donors (Lipinski definition) is 2. The average molecular weight is 211 g/mol. The molecule has 4 nitrogen and oxygen atoms in total. The Morgan fingerprint density at radius 2 is 1.87 bits per heavy atom. The summed E-state index contributed by atoms with van der Waals surface area (Å²) < 4.78 is 10.4. The van der Waals surface area contributed by atoms with Gasteiger partial charge in [-0.2, -0.15) is 0 Å². The van der Waals surface area contributed by atoms with Gasteiger partial charge in [0.2, 0.25) is 0 Å². The van der Waals surface area contributed by atoms with Crippen molar-refractivity contribution in [3.8, 4) is 11.5 Å². The third-order valence-electron chi connectivity index (χ3n) is 1.94. The van der Waals surface area contributed by atoms with Gasteiger partial charge in [-0.25, -0.2) is 0 Å². The van der Waals surface area contributed by atoms with E-state index in [-0.39, 0.29) is 6.61 Å². The summed E-state index contributed by atoms with van der Waals surface area (Å²) in [5.74, 6) is 1.52. The number of hydrogen-bond acceptors (Lipinski definition) is 4. The van der Waals surface area contributed by atoms with Crippen LogP contribution in [0.4, 0.5) is 0 Å².